The molecule has 0 aromatic carbocycles. The van der Waals surface area contributed by atoms with Crippen LogP contribution in [0.4, 0.5) is 0 Å². The summed E-state index contributed by atoms with van der Waals surface area (Å²) in [5.74, 6) is 1.49. The normalized spacial score (nSPS) is 29.2. The van der Waals surface area contributed by atoms with E-state index in [9.17, 15) is 0 Å². The van der Waals surface area contributed by atoms with Crippen LogP contribution >= 0.6 is 0 Å². The third kappa shape index (κ3) is 10.8. The summed E-state index contributed by atoms with van der Waals surface area (Å²) in [7, 11) is 0. The van der Waals surface area contributed by atoms with Crippen molar-refractivity contribution in [3.63, 3.8) is 0 Å². The van der Waals surface area contributed by atoms with E-state index in [-0.39, 0.29) is 7.23 Å². The Kier molecular flexibility index (Phi) is 19.7. The summed E-state index contributed by atoms with van der Waals surface area (Å²) in [6, 6.07) is 0. The molecule has 0 saturated heterocycles. The maximum absolute atomic E-state index is 9.10. The first-order chi connectivity index (χ1) is 22.3. The van der Waals surface area contributed by atoms with Crippen molar-refractivity contribution in [2.45, 2.75) is 245 Å². The van der Waals surface area contributed by atoms with Crippen LogP contribution in [0, 0.1) is 22.7 Å². The third-order valence-corrected chi connectivity index (χ3v) is 51.7. The van der Waals surface area contributed by atoms with Crippen molar-refractivity contribution in [1.82, 2.24) is 0 Å². The van der Waals surface area contributed by atoms with Crippen LogP contribution in [-0.4, -0.2) is 44.0 Å². The molecule has 0 bridgehead atoms. The molecule has 0 radical (unpaired) electrons. The van der Waals surface area contributed by atoms with Gasteiger partial charge in [0.25, 0.3) is 0 Å². The SMILES string of the molecule is CCC[CH2][Sn]([CH2]CCC)([CH2]CCC)[C]1(O[C]2([Sn]([CH2]CCC)([CH2]CCC)[CH2]CCC)CCCC(C)(C(C)C)C2)CCCC(C)(C(C)C)C1. The molecular weight excluding hydrogens is 782 g/mol. The monoisotopic (exact) mass is 875 g/mol. The Hall–Kier alpha value is 1.56. The summed E-state index contributed by atoms with van der Waals surface area (Å²) in [6.07, 6.45) is 28.5. The minimum atomic E-state index is -2.90. The molecule has 0 N–H and O–H groups in total. The van der Waals surface area contributed by atoms with Gasteiger partial charge in [-0.3, -0.25) is 0 Å². The van der Waals surface area contributed by atoms with E-state index in [4.69, 9.17) is 4.74 Å². The molecule has 0 spiro atoms. The van der Waals surface area contributed by atoms with Crippen molar-refractivity contribution < 1.29 is 4.74 Å². The zero-order chi connectivity index (χ0) is 35.2. The average molecular weight is 873 g/mol. The predicted molar refractivity (Wildman–Crippen MR) is 219 cm³/mol. The fraction of sp³-hybridized carbons (Fsp3) is 1.00. The molecule has 3 heteroatoms. The van der Waals surface area contributed by atoms with Crippen LogP contribution in [0.2, 0.25) is 26.6 Å². The quantitative estimate of drug-likeness (QED) is 0.0878. The van der Waals surface area contributed by atoms with Crippen molar-refractivity contribution >= 4 is 36.8 Å². The summed E-state index contributed by atoms with van der Waals surface area (Å²) < 4.78 is 19.2. The molecule has 2 saturated carbocycles. The second-order valence-electron chi connectivity index (χ2n) is 19.0. The fourth-order valence-corrected chi connectivity index (χ4v) is 52.5. The molecule has 47 heavy (non-hydrogen) atoms. The molecule has 280 valence electrons. The average Bonchev–Trinajstić information content (AvgIpc) is 3.04. The van der Waals surface area contributed by atoms with Gasteiger partial charge < -0.3 is 0 Å². The van der Waals surface area contributed by atoms with E-state index in [1.54, 1.807) is 26.6 Å². The fourth-order valence-electron chi connectivity index (χ4n) is 11.1. The van der Waals surface area contributed by atoms with Gasteiger partial charge in [-0.05, 0) is 0 Å². The van der Waals surface area contributed by atoms with Crippen molar-refractivity contribution in [1.29, 1.82) is 0 Å². The number of unbranched alkanes of at least 4 members (excludes halogenated alkanes) is 6. The van der Waals surface area contributed by atoms with Gasteiger partial charge in [0.05, 0.1) is 0 Å². The van der Waals surface area contributed by atoms with Gasteiger partial charge in [-0.15, -0.1) is 0 Å². The molecule has 4 unspecified atom stereocenters. The second kappa shape index (κ2) is 20.7. The standard InChI is InChI=1S/C20H36O.6C4H9.2Sn/c1-15(2)19(5)11-7-9-17(13-19)21-18-10-8-12-20(6,14-18)16(3)4;6*1-3-4-2;;/h15-16H,7-14H2,1-6H3;6*1,3-4H2,2H3;;. The minimum absolute atomic E-state index is 0.244. The van der Waals surface area contributed by atoms with E-state index < -0.39 is 36.8 Å². The molecule has 0 aromatic rings. The van der Waals surface area contributed by atoms with Crippen LogP contribution in [0.3, 0.4) is 0 Å². The molecule has 0 amide bonds. The number of ether oxygens (including phenoxy) is 1. The van der Waals surface area contributed by atoms with Crippen LogP contribution in [0.15, 0.2) is 0 Å². The van der Waals surface area contributed by atoms with E-state index in [0.29, 0.717) is 10.8 Å². The summed E-state index contributed by atoms with van der Waals surface area (Å²) in [5, 5.41) is 0. The van der Waals surface area contributed by atoms with Gasteiger partial charge in [0, 0.05) is 0 Å². The Morgan fingerprint density at radius 3 is 0.915 bits per heavy atom. The molecule has 1 nitrogen and oxygen atoms in total. The maximum atomic E-state index is 9.10. The van der Waals surface area contributed by atoms with Gasteiger partial charge in [-0.25, -0.2) is 0 Å². The van der Waals surface area contributed by atoms with Gasteiger partial charge in [0.1, 0.15) is 0 Å². The van der Waals surface area contributed by atoms with Crippen LogP contribution in [0.1, 0.15) is 212 Å². The van der Waals surface area contributed by atoms with Crippen molar-refractivity contribution in [2.75, 3.05) is 0 Å². The van der Waals surface area contributed by atoms with Gasteiger partial charge in [0.2, 0.25) is 0 Å². The molecule has 0 aliphatic heterocycles. The Morgan fingerprint density at radius 2 is 0.702 bits per heavy atom. The molecule has 0 heterocycles. The van der Waals surface area contributed by atoms with Gasteiger partial charge in [0.15, 0.2) is 0 Å². The topological polar surface area (TPSA) is 9.23 Å². The first-order valence-corrected chi connectivity index (χ1v) is 37.0. The molecule has 2 fully saturated rings. The summed E-state index contributed by atoms with van der Waals surface area (Å²) in [4.78, 5) is 0. The van der Waals surface area contributed by atoms with E-state index in [1.807, 2.05) is 0 Å². The first-order valence-electron chi connectivity index (χ1n) is 22.0. The van der Waals surface area contributed by atoms with Gasteiger partial charge in [-0.1, -0.05) is 0 Å². The number of hydrogen-bond donors (Lipinski definition) is 0. The Labute approximate surface area is 307 Å². The van der Waals surface area contributed by atoms with E-state index in [0.717, 1.165) is 11.8 Å². The Bertz CT molecular complexity index is 742. The molecule has 2 aliphatic carbocycles. The molecule has 4 atom stereocenters. The zero-order valence-corrected chi connectivity index (χ0v) is 40.7. The zero-order valence-electron chi connectivity index (χ0n) is 34.9. The van der Waals surface area contributed by atoms with Crippen molar-refractivity contribution in [2.24, 2.45) is 22.7 Å². The van der Waals surface area contributed by atoms with Crippen LogP contribution in [0.25, 0.3) is 0 Å². The first kappa shape index (κ1) is 44.7. The molecular formula is C44H90OSn2. The molecule has 2 rings (SSSR count). The van der Waals surface area contributed by atoms with E-state index in [2.05, 4.69) is 83.1 Å². The van der Waals surface area contributed by atoms with Crippen molar-refractivity contribution in [3.05, 3.63) is 0 Å². The van der Waals surface area contributed by atoms with Crippen LogP contribution < -0.4 is 0 Å². The summed E-state index contributed by atoms with van der Waals surface area (Å²) in [6.45, 7) is 30.7. The van der Waals surface area contributed by atoms with E-state index >= 15 is 0 Å². The van der Waals surface area contributed by atoms with Crippen LogP contribution in [-0.2, 0) is 4.74 Å². The Balaban J connectivity index is 3.05. The molecule has 0 aromatic heterocycles. The summed E-state index contributed by atoms with van der Waals surface area (Å²) >= 11 is -5.80. The van der Waals surface area contributed by atoms with Gasteiger partial charge in [-0.2, -0.15) is 0 Å². The van der Waals surface area contributed by atoms with Gasteiger partial charge >= 0.3 is 310 Å². The van der Waals surface area contributed by atoms with E-state index in [1.165, 1.54) is 128 Å². The van der Waals surface area contributed by atoms with Crippen LogP contribution in [0.5, 0.6) is 0 Å². The number of hydrogen-bond acceptors (Lipinski definition) is 1. The Morgan fingerprint density at radius 1 is 0.447 bits per heavy atom. The third-order valence-electron chi connectivity index (χ3n) is 15.2. The van der Waals surface area contributed by atoms with Crippen molar-refractivity contribution in [3.8, 4) is 0 Å². The second-order valence-corrected chi connectivity index (χ2v) is 47.3. The number of rotatable bonds is 24. The summed E-state index contributed by atoms with van der Waals surface area (Å²) in [5.41, 5.74) is 0.855. The predicted octanol–water partition coefficient (Wildman–Crippen LogP) is 15.7. The molecule has 2 aliphatic rings.